The molecule has 1 rings (SSSR count). The van der Waals surface area contributed by atoms with Gasteiger partial charge in [-0.2, -0.15) is 0 Å². The zero-order chi connectivity index (χ0) is 8.27. The lowest BCUT2D eigenvalue weighted by Crippen LogP contribution is -1.98. The van der Waals surface area contributed by atoms with Crippen molar-refractivity contribution in [3.8, 4) is 0 Å². The largest absolute Gasteiger partial charge is 0.370 e. The van der Waals surface area contributed by atoms with Crippen molar-refractivity contribution in [1.82, 2.24) is 4.98 Å². The highest BCUT2D eigenvalue weighted by atomic mass is 79.9. The van der Waals surface area contributed by atoms with E-state index in [0.717, 1.165) is 16.8 Å². The van der Waals surface area contributed by atoms with E-state index in [9.17, 15) is 0 Å². The first-order chi connectivity index (χ1) is 5.24. The summed E-state index contributed by atoms with van der Waals surface area (Å²) in [5, 5.41) is 3.14. The van der Waals surface area contributed by atoms with Crippen LogP contribution >= 0.6 is 15.9 Å². The third-order valence-electron chi connectivity index (χ3n) is 1.40. The Morgan fingerprint density at radius 3 is 2.91 bits per heavy atom. The van der Waals surface area contributed by atoms with Crippen molar-refractivity contribution in [3.63, 3.8) is 0 Å². The number of nitrogens with zero attached hydrogens (tertiary/aromatic N) is 1. The highest BCUT2D eigenvalue weighted by molar-refractivity contribution is 9.10. The summed E-state index contributed by atoms with van der Waals surface area (Å²) in [6.07, 6.45) is 1.81. The molecule has 1 N–H and O–H groups in total. The second-order valence-corrected chi connectivity index (χ2v) is 3.20. The minimum absolute atomic E-state index is 0.911. The summed E-state index contributed by atoms with van der Waals surface area (Å²) >= 11 is 3.39. The van der Waals surface area contributed by atoms with Gasteiger partial charge in [-0.1, -0.05) is 0 Å². The molecule has 0 amide bonds. The van der Waals surface area contributed by atoms with Crippen LogP contribution in [0.25, 0.3) is 0 Å². The van der Waals surface area contributed by atoms with Crippen molar-refractivity contribution in [2.24, 2.45) is 0 Å². The number of nitrogens with one attached hydrogen (secondary N) is 1. The van der Waals surface area contributed by atoms with Crippen LogP contribution in [0.2, 0.25) is 0 Å². The molecule has 0 bridgehead atoms. The second kappa shape index (κ2) is 3.72. The lowest BCUT2D eigenvalue weighted by molar-refractivity contribution is 1.14. The van der Waals surface area contributed by atoms with Crippen LogP contribution in [0.15, 0.2) is 16.7 Å². The maximum Gasteiger partial charge on any atom is 0.126 e. The average Bonchev–Trinajstić information content (AvgIpc) is 1.98. The summed E-state index contributed by atoms with van der Waals surface area (Å²) in [5.74, 6) is 0.938. The Morgan fingerprint density at radius 2 is 2.36 bits per heavy atom. The predicted molar refractivity (Wildman–Crippen MR) is 50.8 cm³/mol. The van der Waals surface area contributed by atoms with Gasteiger partial charge in [0, 0.05) is 17.2 Å². The van der Waals surface area contributed by atoms with E-state index in [4.69, 9.17) is 0 Å². The van der Waals surface area contributed by atoms with Crippen LogP contribution < -0.4 is 5.32 Å². The number of aromatic nitrogens is 1. The lowest BCUT2D eigenvalue weighted by Gasteiger charge is -2.03. The Balaban J connectivity index is 2.86. The van der Waals surface area contributed by atoms with Gasteiger partial charge in [0.25, 0.3) is 0 Å². The molecule has 0 atom stereocenters. The van der Waals surface area contributed by atoms with Crippen LogP contribution in [0.3, 0.4) is 0 Å². The molecule has 0 saturated heterocycles. The number of rotatable bonds is 2. The van der Waals surface area contributed by atoms with E-state index >= 15 is 0 Å². The number of anilines is 1. The van der Waals surface area contributed by atoms with Gasteiger partial charge < -0.3 is 5.32 Å². The molecule has 0 unspecified atom stereocenters. The molecular formula is C8H11BrN2. The van der Waals surface area contributed by atoms with Crippen LogP contribution in [-0.2, 0) is 0 Å². The number of halogens is 1. The molecule has 0 radical (unpaired) electrons. The van der Waals surface area contributed by atoms with E-state index in [0.29, 0.717) is 0 Å². The third-order valence-corrected chi connectivity index (χ3v) is 2.23. The molecule has 1 aromatic rings. The lowest BCUT2D eigenvalue weighted by atomic mass is 10.3. The summed E-state index contributed by atoms with van der Waals surface area (Å²) < 4.78 is 1.05. The minimum atomic E-state index is 0.911. The number of pyridine rings is 1. The Bertz CT molecular complexity index is 248. The average molecular weight is 215 g/mol. The molecule has 1 heterocycles. The monoisotopic (exact) mass is 214 g/mol. The van der Waals surface area contributed by atoms with E-state index in [1.54, 1.807) is 0 Å². The summed E-state index contributed by atoms with van der Waals surface area (Å²) in [6, 6.07) is 2.02. The summed E-state index contributed by atoms with van der Waals surface area (Å²) in [5.41, 5.74) is 1.20. The van der Waals surface area contributed by atoms with Gasteiger partial charge in [0.15, 0.2) is 0 Å². The zero-order valence-corrected chi connectivity index (χ0v) is 8.27. The Hall–Kier alpha value is -0.570. The molecule has 2 nitrogen and oxygen atoms in total. The van der Waals surface area contributed by atoms with Crippen molar-refractivity contribution in [3.05, 3.63) is 22.3 Å². The smallest absolute Gasteiger partial charge is 0.126 e. The van der Waals surface area contributed by atoms with Gasteiger partial charge in [-0.15, -0.1) is 0 Å². The van der Waals surface area contributed by atoms with Gasteiger partial charge in [0.05, 0.1) is 0 Å². The van der Waals surface area contributed by atoms with Crippen LogP contribution in [0, 0.1) is 6.92 Å². The molecule has 0 fully saturated rings. The highest BCUT2D eigenvalue weighted by Gasteiger charge is 1.95. The molecule has 11 heavy (non-hydrogen) atoms. The van der Waals surface area contributed by atoms with E-state index in [1.165, 1.54) is 5.56 Å². The van der Waals surface area contributed by atoms with Crippen LogP contribution in [0.5, 0.6) is 0 Å². The standard InChI is InChI=1S/C8H11BrN2/c1-3-10-8-4-6(2)7(9)5-11-8/h4-5H,3H2,1-2H3,(H,10,11). The van der Waals surface area contributed by atoms with E-state index in [-0.39, 0.29) is 0 Å². The van der Waals surface area contributed by atoms with Crippen molar-refractivity contribution >= 4 is 21.7 Å². The van der Waals surface area contributed by atoms with E-state index in [1.807, 2.05) is 19.2 Å². The maximum atomic E-state index is 4.17. The Labute approximate surface area is 75.2 Å². The number of aryl methyl sites for hydroxylation is 1. The van der Waals surface area contributed by atoms with Crippen LogP contribution in [-0.4, -0.2) is 11.5 Å². The normalized spacial score (nSPS) is 9.73. The third kappa shape index (κ3) is 2.19. The predicted octanol–water partition coefficient (Wildman–Crippen LogP) is 2.58. The van der Waals surface area contributed by atoms with Gasteiger partial charge in [0.1, 0.15) is 5.82 Å². The maximum absolute atomic E-state index is 4.17. The molecule has 1 aromatic heterocycles. The first-order valence-corrected chi connectivity index (χ1v) is 4.39. The molecule has 0 saturated carbocycles. The minimum Gasteiger partial charge on any atom is -0.370 e. The Kier molecular flexibility index (Phi) is 2.88. The van der Waals surface area contributed by atoms with Gasteiger partial charge in [-0.3, -0.25) is 0 Å². The van der Waals surface area contributed by atoms with Crippen molar-refractivity contribution in [1.29, 1.82) is 0 Å². The molecule has 3 heteroatoms. The zero-order valence-electron chi connectivity index (χ0n) is 6.69. The molecule has 60 valence electrons. The second-order valence-electron chi connectivity index (χ2n) is 2.35. The first-order valence-electron chi connectivity index (χ1n) is 3.60. The van der Waals surface area contributed by atoms with Gasteiger partial charge in [0.2, 0.25) is 0 Å². The molecule has 0 aliphatic rings. The highest BCUT2D eigenvalue weighted by Crippen LogP contribution is 2.16. The molecule has 0 aromatic carbocycles. The fourth-order valence-electron chi connectivity index (χ4n) is 0.817. The Morgan fingerprint density at radius 1 is 1.64 bits per heavy atom. The van der Waals surface area contributed by atoms with Crippen molar-refractivity contribution < 1.29 is 0 Å². The SMILES string of the molecule is CCNc1cc(C)c(Br)cn1. The quantitative estimate of drug-likeness (QED) is 0.820. The van der Waals surface area contributed by atoms with Crippen LogP contribution in [0.1, 0.15) is 12.5 Å². The topological polar surface area (TPSA) is 24.9 Å². The van der Waals surface area contributed by atoms with Crippen LogP contribution in [0.4, 0.5) is 5.82 Å². The van der Waals surface area contributed by atoms with Crippen molar-refractivity contribution in [2.75, 3.05) is 11.9 Å². The van der Waals surface area contributed by atoms with Gasteiger partial charge in [-0.25, -0.2) is 4.98 Å². The van der Waals surface area contributed by atoms with Crippen molar-refractivity contribution in [2.45, 2.75) is 13.8 Å². The summed E-state index contributed by atoms with van der Waals surface area (Å²) in [4.78, 5) is 4.17. The fourth-order valence-corrected chi connectivity index (χ4v) is 1.03. The fraction of sp³-hybridized carbons (Fsp3) is 0.375. The molecule has 0 aliphatic carbocycles. The van der Waals surface area contributed by atoms with Gasteiger partial charge in [-0.05, 0) is 41.4 Å². The van der Waals surface area contributed by atoms with Gasteiger partial charge >= 0.3 is 0 Å². The molecule has 0 spiro atoms. The van der Waals surface area contributed by atoms with E-state index in [2.05, 4.69) is 33.2 Å². The number of hydrogen-bond acceptors (Lipinski definition) is 2. The summed E-state index contributed by atoms with van der Waals surface area (Å²) in [6.45, 7) is 5.01. The summed E-state index contributed by atoms with van der Waals surface area (Å²) in [7, 11) is 0. The number of hydrogen-bond donors (Lipinski definition) is 1. The first kappa shape index (κ1) is 8.53. The molecular weight excluding hydrogens is 204 g/mol. The van der Waals surface area contributed by atoms with E-state index < -0.39 is 0 Å². The molecule has 0 aliphatic heterocycles.